The van der Waals surface area contributed by atoms with Crippen LogP contribution in [0.25, 0.3) is 10.9 Å². The Morgan fingerprint density at radius 1 is 1.26 bits per heavy atom. The molecule has 23 heavy (non-hydrogen) atoms. The number of nitrogens with zero attached hydrogens (tertiary/aromatic N) is 2. The summed E-state index contributed by atoms with van der Waals surface area (Å²) in [5, 5.41) is 19.0. The zero-order valence-electron chi connectivity index (χ0n) is 11.8. The van der Waals surface area contributed by atoms with Crippen LogP contribution in [-0.4, -0.2) is 15.6 Å². The average Bonchev–Trinajstić information content (AvgIpc) is 2.89. The first-order chi connectivity index (χ1) is 11.0. The number of hydrogen-bond acceptors (Lipinski definition) is 2. The molecular formula is C17H10BrFN2O2. The van der Waals surface area contributed by atoms with Crippen molar-refractivity contribution in [3.05, 3.63) is 69.6 Å². The lowest BCUT2D eigenvalue weighted by Crippen LogP contribution is -2.10. The fourth-order valence-corrected chi connectivity index (χ4v) is 2.93. The quantitative estimate of drug-likeness (QED) is 0.750. The summed E-state index contributed by atoms with van der Waals surface area (Å²) >= 11 is 3.29. The lowest BCUT2D eigenvalue weighted by Gasteiger charge is -2.10. The van der Waals surface area contributed by atoms with Gasteiger partial charge >= 0.3 is 5.97 Å². The van der Waals surface area contributed by atoms with Crippen molar-refractivity contribution in [2.24, 2.45) is 0 Å². The third kappa shape index (κ3) is 2.83. The number of halogens is 2. The maximum Gasteiger partial charge on any atom is 0.352 e. The number of rotatable bonds is 3. The van der Waals surface area contributed by atoms with Gasteiger partial charge in [0.15, 0.2) is 0 Å². The monoisotopic (exact) mass is 372 g/mol. The molecule has 0 amide bonds. The second-order valence-corrected chi connectivity index (χ2v) is 5.96. The number of nitriles is 1. The molecule has 0 fully saturated rings. The molecule has 0 spiro atoms. The largest absolute Gasteiger partial charge is 0.477 e. The van der Waals surface area contributed by atoms with E-state index >= 15 is 0 Å². The molecule has 3 aromatic rings. The molecule has 1 N–H and O–H groups in total. The second kappa shape index (κ2) is 5.86. The van der Waals surface area contributed by atoms with Gasteiger partial charge < -0.3 is 9.67 Å². The third-order valence-electron chi connectivity index (χ3n) is 3.59. The fraction of sp³-hybridized carbons (Fsp3) is 0.0588. The van der Waals surface area contributed by atoms with Gasteiger partial charge in [-0.1, -0.05) is 15.9 Å². The number of aromatic nitrogens is 1. The van der Waals surface area contributed by atoms with Gasteiger partial charge in [0, 0.05) is 20.9 Å². The zero-order chi connectivity index (χ0) is 16.6. The summed E-state index contributed by atoms with van der Waals surface area (Å²) < 4.78 is 16.2. The molecule has 4 nitrogen and oxygen atoms in total. The van der Waals surface area contributed by atoms with E-state index in [0.717, 1.165) is 0 Å². The van der Waals surface area contributed by atoms with E-state index in [1.807, 2.05) is 6.07 Å². The van der Waals surface area contributed by atoms with Crippen LogP contribution in [0, 0.1) is 17.1 Å². The summed E-state index contributed by atoms with van der Waals surface area (Å²) in [5.74, 6) is -1.50. The molecule has 3 rings (SSSR count). The highest BCUT2D eigenvalue weighted by molar-refractivity contribution is 9.10. The van der Waals surface area contributed by atoms with E-state index in [1.165, 1.54) is 16.7 Å². The number of benzene rings is 2. The minimum atomic E-state index is -1.10. The highest BCUT2D eigenvalue weighted by atomic mass is 79.9. The minimum absolute atomic E-state index is 0.0504. The Balaban J connectivity index is 2.19. The summed E-state index contributed by atoms with van der Waals surface area (Å²) in [6.07, 6.45) is 0. The second-order valence-electron chi connectivity index (χ2n) is 5.04. The Kier molecular flexibility index (Phi) is 3.89. The molecule has 1 heterocycles. The topological polar surface area (TPSA) is 66.0 Å². The van der Waals surface area contributed by atoms with E-state index in [2.05, 4.69) is 15.9 Å². The number of fused-ring (bicyclic) bond motifs is 1. The highest BCUT2D eigenvalue weighted by Crippen LogP contribution is 2.24. The van der Waals surface area contributed by atoms with Gasteiger partial charge in [-0.25, -0.2) is 9.18 Å². The van der Waals surface area contributed by atoms with Crippen LogP contribution in [0.1, 0.15) is 21.6 Å². The predicted octanol–water partition coefficient (Wildman–Crippen LogP) is 4.16. The Hall–Kier alpha value is -2.65. The minimum Gasteiger partial charge on any atom is -0.477 e. The first kappa shape index (κ1) is 15.3. The number of carboxylic acids is 1. The Morgan fingerprint density at radius 2 is 2.04 bits per heavy atom. The Bertz CT molecular complexity index is 973. The molecule has 0 atom stereocenters. The van der Waals surface area contributed by atoms with Crippen molar-refractivity contribution >= 4 is 32.8 Å². The lowest BCUT2D eigenvalue weighted by atomic mass is 10.1. The molecule has 114 valence electrons. The van der Waals surface area contributed by atoms with Crippen molar-refractivity contribution in [1.82, 2.24) is 4.57 Å². The van der Waals surface area contributed by atoms with Crippen LogP contribution in [0.4, 0.5) is 4.39 Å². The fourth-order valence-electron chi connectivity index (χ4n) is 2.52. The molecule has 0 saturated heterocycles. The van der Waals surface area contributed by atoms with Crippen molar-refractivity contribution in [2.45, 2.75) is 6.54 Å². The molecule has 0 aliphatic carbocycles. The van der Waals surface area contributed by atoms with E-state index in [1.54, 1.807) is 30.3 Å². The molecule has 6 heteroatoms. The van der Waals surface area contributed by atoms with Gasteiger partial charge in [0.05, 0.1) is 18.2 Å². The third-order valence-corrected chi connectivity index (χ3v) is 4.08. The molecule has 0 saturated carbocycles. The van der Waals surface area contributed by atoms with Gasteiger partial charge in [0.25, 0.3) is 0 Å². The molecule has 0 bridgehead atoms. The maximum atomic E-state index is 14.0. The Labute approximate surface area is 139 Å². The molecule has 0 unspecified atom stereocenters. The molecule has 0 aliphatic heterocycles. The number of carbonyl (C=O) groups is 1. The van der Waals surface area contributed by atoms with E-state index in [9.17, 15) is 14.3 Å². The average molecular weight is 373 g/mol. The molecule has 0 aliphatic rings. The van der Waals surface area contributed by atoms with Crippen LogP contribution < -0.4 is 0 Å². The molecule has 0 radical (unpaired) electrons. The SMILES string of the molecule is N#Cc1ccc2c(c1)cc(C(=O)O)n2Cc1cc(Br)ccc1F. The van der Waals surface area contributed by atoms with Gasteiger partial charge in [-0.05, 0) is 42.5 Å². The summed E-state index contributed by atoms with van der Waals surface area (Å²) in [6, 6.07) is 13.0. The molecule has 1 aromatic heterocycles. The van der Waals surface area contributed by atoms with Crippen molar-refractivity contribution in [3.8, 4) is 6.07 Å². The van der Waals surface area contributed by atoms with Gasteiger partial charge in [-0.15, -0.1) is 0 Å². The van der Waals surface area contributed by atoms with E-state index in [-0.39, 0.29) is 12.2 Å². The van der Waals surface area contributed by atoms with Gasteiger partial charge in [-0.2, -0.15) is 5.26 Å². The van der Waals surface area contributed by atoms with Crippen molar-refractivity contribution < 1.29 is 14.3 Å². The highest BCUT2D eigenvalue weighted by Gasteiger charge is 2.16. The summed E-state index contributed by atoms with van der Waals surface area (Å²) in [4.78, 5) is 11.5. The van der Waals surface area contributed by atoms with Crippen LogP contribution >= 0.6 is 15.9 Å². The summed E-state index contributed by atoms with van der Waals surface area (Å²) in [5.41, 5.74) is 1.51. The van der Waals surface area contributed by atoms with Crippen LogP contribution in [0.2, 0.25) is 0 Å². The molecule has 2 aromatic carbocycles. The van der Waals surface area contributed by atoms with Crippen molar-refractivity contribution in [1.29, 1.82) is 5.26 Å². The maximum absolute atomic E-state index is 14.0. The number of aromatic carboxylic acids is 1. The van der Waals surface area contributed by atoms with Gasteiger partial charge in [0.2, 0.25) is 0 Å². The normalized spacial score (nSPS) is 10.7. The van der Waals surface area contributed by atoms with Crippen molar-refractivity contribution in [2.75, 3.05) is 0 Å². The number of hydrogen-bond donors (Lipinski definition) is 1. The lowest BCUT2D eigenvalue weighted by molar-refractivity contribution is 0.0686. The van der Waals surface area contributed by atoms with Gasteiger partial charge in [-0.3, -0.25) is 0 Å². The van der Waals surface area contributed by atoms with Crippen LogP contribution in [-0.2, 0) is 6.54 Å². The standard InChI is InChI=1S/C17H10BrFN2O2/c18-13-2-3-14(19)12(6-13)9-21-15-4-1-10(8-20)5-11(15)7-16(21)17(22)23/h1-7H,9H2,(H,22,23). The van der Waals surface area contributed by atoms with Crippen LogP contribution in [0.5, 0.6) is 0 Å². The first-order valence-electron chi connectivity index (χ1n) is 6.70. The first-order valence-corrected chi connectivity index (χ1v) is 7.49. The van der Waals surface area contributed by atoms with Gasteiger partial charge in [0.1, 0.15) is 11.5 Å². The summed E-state index contributed by atoms with van der Waals surface area (Å²) in [6.45, 7) is 0.0856. The molecular weight excluding hydrogens is 363 g/mol. The predicted molar refractivity (Wildman–Crippen MR) is 86.8 cm³/mol. The Morgan fingerprint density at radius 3 is 2.74 bits per heavy atom. The van der Waals surface area contributed by atoms with Crippen LogP contribution in [0.15, 0.2) is 46.9 Å². The van der Waals surface area contributed by atoms with Crippen molar-refractivity contribution in [3.63, 3.8) is 0 Å². The van der Waals surface area contributed by atoms with E-state index in [0.29, 0.717) is 26.5 Å². The van der Waals surface area contributed by atoms with E-state index in [4.69, 9.17) is 5.26 Å². The van der Waals surface area contributed by atoms with Crippen LogP contribution in [0.3, 0.4) is 0 Å². The zero-order valence-corrected chi connectivity index (χ0v) is 13.3. The number of carboxylic acid groups (broad SMARTS) is 1. The van der Waals surface area contributed by atoms with E-state index < -0.39 is 11.8 Å². The summed E-state index contributed by atoms with van der Waals surface area (Å²) in [7, 11) is 0. The smallest absolute Gasteiger partial charge is 0.352 e.